The minimum absolute atomic E-state index is 0.0903. The molecule has 2 amide bonds. The number of amides is 2. The Kier molecular flexibility index (Phi) is 6.86. The van der Waals surface area contributed by atoms with E-state index in [0.29, 0.717) is 0 Å². The molecule has 0 fully saturated rings. The molecular formula is C22H18F3N3O3. The van der Waals surface area contributed by atoms with Crippen LogP contribution in [-0.4, -0.2) is 23.4 Å². The van der Waals surface area contributed by atoms with Gasteiger partial charge in [0.1, 0.15) is 5.75 Å². The second-order valence-electron chi connectivity index (χ2n) is 6.45. The molecule has 2 N–H and O–H groups in total. The average molecular weight is 429 g/mol. The highest BCUT2D eigenvalue weighted by atomic mass is 19.4. The molecule has 0 bridgehead atoms. The number of pyridine rings is 1. The standard InChI is InChI=1S/C22H18F3N3O3/c23-22(24,25)16-6-3-7-17(11-16)31-14-20(29)28-19-9-2-1-8-18(19)21(30)27-13-15-5-4-10-26-12-15/h1-12H,13-14H2,(H,27,30)(H,28,29). The lowest BCUT2D eigenvalue weighted by atomic mass is 10.1. The summed E-state index contributed by atoms with van der Waals surface area (Å²) in [5, 5.41) is 5.28. The summed E-state index contributed by atoms with van der Waals surface area (Å²) in [5.74, 6) is -1.11. The Morgan fingerprint density at radius 2 is 1.81 bits per heavy atom. The van der Waals surface area contributed by atoms with Crippen molar-refractivity contribution in [2.75, 3.05) is 11.9 Å². The van der Waals surface area contributed by atoms with Gasteiger partial charge in [-0.3, -0.25) is 14.6 Å². The summed E-state index contributed by atoms with van der Waals surface area (Å²) < 4.78 is 43.5. The zero-order chi connectivity index (χ0) is 22.3. The highest BCUT2D eigenvalue weighted by molar-refractivity contribution is 6.04. The summed E-state index contributed by atoms with van der Waals surface area (Å²) in [6.07, 6.45) is -1.26. The van der Waals surface area contributed by atoms with Crippen LogP contribution >= 0.6 is 0 Å². The first-order chi connectivity index (χ1) is 14.8. The third kappa shape index (κ3) is 6.30. The van der Waals surface area contributed by atoms with Crippen molar-refractivity contribution in [1.29, 1.82) is 0 Å². The molecule has 0 aliphatic heterocycles. The van der Waals surface area contributed by atoms with E-state index in [-0.39, 0.29) is 23.5 Å². The first-order valence-corrected chi connectivity index (χ1v) is 9.19. The van der Waals surface area contributed by atoms with Crippen molar-refractivity contribution < 1.29 is 27.5 Å². The molecule has 9 heteroatoms. The monoisotopic (exact) mass is 429 g/mol. The number of nitrogens with zero attached hydrogens (tertiary/aromatic N) is 1. The van der Waals surface area contributed by atoms with Crippen LogP contribution in [0.25, 0.3) is 0 Å². The molecule has 2 aromatic carbocycles. The van der Waals surface area contributed by atoms with Crippen LogP contribution in [-0.2, 0) is 17.5 Å². The van der Waals surface area contributed by atoms with Crippen molar-refractivity contribution in [2.24, 2.45) is 0 Å². The number of halogens is 3. The van der Waals surface area contributed by atoms with Crippen LogP contribution < -0.4 is 15.4 Å². The van der Waals surface area contributed by atoms with Gasteiger partial charge in [0.15, 0.2) is 6.61 Å². The maximum atomic E-state index is 12.8. The molecule has 0 saturated carbocycles. The number of nitrogens with one attached hydrogen (secondary N) is 2. The number of alkyl halides is 3. The van der Waals surface area contributed by atoms with E-state index in [1.54, 1.807) is 42.7 Å². The lowest BCUT2D eigenvalue weighted by molar-refractivity contribution is -0.137. The smallest absolute Gasteiger partial charge is 0.416 e. The van der Waals surface area contributed by atoms with E-state index in [1.165, 1.54) is 12.1 Å². The number of para-hydroxylation sites is 1. The minimum Gasteiger partial charge on any atom is -0.484 e. The molecule has 0 radical (unpaired) electrons. The van der Waals surface area contributed by atoms with E-state index < -0.39 is 30.2 Å². The van der Waals surface area contributed by atoms with E-state index in [9.17, 15) is 22.8 Å². The van der Waals surface area contributed by atoms with Gasteiger partial charge in [-0.1, -0.05) is 24.3 Å². The molecule has 0 saturated heterocycles. The first-order valence-electron chi connectivity index (χ1n) is 9.19. The molecule has 6 nitrogen and oxygen atoms in total. The predicted octanol–water partition coefficient (Wildman–Crippen LogP) is 4.05. The fourth-order valence-corrected chi connectivity index (χ4v) is 2.67. The summed E-state index contributed by atoms with van der Waals surface area (Å²) in [5.41, 5.74) is 0.426. The highest BCUT2D eigenvalue weighted by Gasteiger charge is 2.30. The Morgan fingerprint density at radius 1 is 1.00 bits per heavy atom. The van der Waals surface area contributed by atoms with Crippen molar-refractivity contribution >= 4 is 17.5 Å². The Balaban J connectivity index is 1.60. The average Bonchev–Trinajstić information content (AvgIpc) is 2.77. The topological polar surface area (TPSA) is 80.3 Å². The van der Waals surface area contributed by atoms with Crippen molar-refractivity contribution in [3.8, 4) is 5.75 Å². The predicted molar refractivity (Wildman–Crippen MR) is 107 cm³/mol. The van der Waals surface area contributed by atoms with Crippen molar-refractivity contribution in [3.63, 3.8) is 0 Å². The van der Waals surface area contributed by atoms with Gasteiger partial charge in [0, 0.05) is 18.9 Å². The summed E-state index contributed by atoms with van der Waals surface area (Å²) >= 11 is 0. The quantitative estimate of drug-likeness (QED) is 0.594. The van der Waals surface area contributed by atoms with E-state index in [0.717, 1.165) is 17.7 Å². The zero-order valence-corrected chi connectivity index (χ0v) is 16.1. The third-order valence-corrected chi connectivity index (χ3v) is 4.15. The van der Waals surface area contributed by atoms with Crippen LogP contribution in [0.3, 0.4) is 0 Å². The number of rotatable bonds is 7. The molecule has 3 aromatic rings. The summed E-state index contributed by atoms with van der Waals surface area (Å²) in [7, 11) is 0. The number of hydrogen-bond acceptors (Lipinski definition) is 4. The van der Waals surface area contributed by atoms with Gasteiger partial charge in [0.05, 0.1) is 16.8 Å². The first kappa shape index (κ1) is 21.8. The van der Waals surface area contributed by atoms with Crippen LogP contribution in [0.5, 0.6) is 5.75 Å². The highest BCUT2D eigenvalue weighted by Crippen LogP contribution is 2.31. The largest absolute Gasteiger partial charge is 0.484 e. The molecule has 0 unspecified atom stereocenters. The van der Waals surface area contributed by atoms with Crippen LogP contribution in [0, 0.1) is 0 Å². The van der Waals surface area contributed by atoms with Crippen LogP contribution in [0.1, 0.15) is 21.5 Å². The van der Waals surface area contributed by atoms with Crippen molar-refractivity contribution in [1.82, 2.24) is 10.3 Å². The molecule has 1 heterocycles. The molecule has 0 spiro atoms. The SMILES string of the molecule is O=C(COc1cccc(C(F)(F)F)c1)Nc1ccccc1C(=O)NCc1cccnc1. The molecule has 160 valence electrons. The second kappa shape index (κ2) is 9.75. The van der Waals surface area contributed by atoms with Gasteiger partial charge in [-0.2, -0.15) is 13.2 Å². The minimum atomic E-state index is -4.51. The zero-order valence-electron chi connectivity index (χ0n) is 16.1. The number of carbonyl (C=O) groups is 2. The number of hydrogen-bond donors (Lipinski definition) is 2. The van der Waals surface area contributed by atoms with Gasteiger partial charge in [-0.25, -0.2) is 0 Å². The number of carbonyl (C=O) groups excluding carboxylic acids is 2. The van der Waals surface area contributed by atoms with Crippen LogP contribution in [0.15, 0.2) is 73.1 Å². The molecule has 31 heavy (non-hydrogen) atoms. The van der Waals surface area contributed by atoms with Gasteiger partial charge in [0.25, 0.3) is 11.8 Å². The summed E-state index contributed by atoms with van der Waals surface area (Å²) in [6.45, 7) is -0.263. The molecular weight excluding hydrogens is 411 g/mol. The lowest BCUT2D eigenvalue weighted by Crippen LogP contribution is -2.26. The second-order valence-corrected chi connectivity index (χ2v) is 6.45. The Bertz CT molecular complexity index is 1060. The van der Waals surface area contributed by atoms with E-state index in [1.807, 2.05) is 6.07 Å². The third-order valence-electron chi connectivity index (χ3n) is 4.15. The van der Waals surface area contributed by atoms with Crippen molar-refractivity contribution in [3.05, 3.63) is 89.7 Å². The maximum absolute atomic E-state index is 12.8. The molecule has 0 aliphatic carbocycles. The number of anilines is 1. The van der Waals surface area contributed by atoms with Gasteiger partial charge < -0.3 is 15.4 Å². The Labute approximate surface area is 176 Å². The van der Waals surface area contributed by atoms with Gasteiger partial charge >= 0.3 is 6.18 Å². The van der Waals surface area contributed by atoms with E-state index in [4.69, 9.17) is 4.74 Å². The van der Waals surface area contributed by atoms with Gasteiger partial charge in [0.2, 0.25) is 0 Å². The lowest BCUT2D eigenvalue weighted by Gasteiger charge is -2.13. The van der Waals surface area contributed by atoms with E-state index in [2.05, 4.69) is 15.6 Å². The molecule has 1 aromatic heterocycles. The van der Waals surface area contributed by atoms with Crippen LogP contribution in [0.2, 0.25) is 0 Å². The maximum Gasteiger partial charge on any atom is 0.416 e. The summed E-state index contributed by atoms with van der Waals surface area (Å²) in [4.78, 5) is 28.7. The normalized spacial score (nSPS) is 10.9. The van der Waals surface area contributed by atoms with Crippen LogP contribution in [0.4, 0.5) is 18.9 Å². The number of aromatic nitrogens is 1. The summed E-state index contributed by atoms with van der Waals surface area (Å²) in [6, 6.07) is 14.2. The number of ether oxygens (including phenoxy) is 1. The Morgan fingerprint density at radius 3 is 2.55 bits per heavy atom. The molecule has 0 atom stereocenters. The fraction of sp³-hybridized carbons (Fsp3) is 0.136. The van der Waals surface area contributed by atoms with Gasteiger partial charge in [-0.15, -0.1) is 0 Å². The Hall–Kier alpha value is -3.88. The number of benzene rings is 2. The van der Waals surface area contributed by atoms with E-state index >= 15 is 0 Å². The van der Waals surface area contributed by atoms with Crippen molar-refractivity contribution in [2.45, 2.75) is 12.7 Å². The van der Waals surface area contributed by atoms with Gasteiger partial charge in [-0.05, 0) is 42.0 Å². The molecule has 3 rings (SSSR count). The molecule has 0 aliphatic rings. The fourth-order valence-electron chi connectivity index (χ4n) is 2.67.